The van der Waals surface area contributed by atoms with Crippen LogP contribution in [-0.2, 0) is 0 Å². The molecular formula is C21H17N5O2. The number of esters is 1. The van der Waals surface area contributed by atoms with Crippen LogP contribution in [0.15, 0.2) is 73.1 Å². The molecular weight excluding hydrogens is 354 g/mol. The number of amidine groups is 1. The molecule has 1 heterocycles. The average molecular weight is 371 g/mol. The van der Waals surface area contributed by atoms with Gasteiger partial charge in [0.15, 0.2) is 0 Å². The van der Waals surface area contributed by atoms with E-state index in [1.54, 1.807) is 54.9 Å². The number of carbonyl (C=O) groups excluding carboxylic acids is 1. The fourth-order valence-corrected chi connectivity index (χ4v) is 2.78. The summed E-state index contributed by atoms with van der Waals surface area (Å²) in [6.07, 6.45) is 3.37. The molecule has 0 bridgehead atoms. The zero-order chi connectivity index (χ0) is 19.5. The van der Waals surface area contributed by atoms with Gasteiger partial charge in [0, 0.05) is 23.6 Å². The molecule has 0 amide bonds. The molecule has 0 fully saturated rings. The number of benzene rings is 3. The van der Waals surface area contributed by atoms with E-state index in [1.165, 1.54) is 0 Å². The maximum Gasteiger partial charge on any atom is 0.343 e. The highest BCUT2D eigenvalue weighted by molar-refractivity contribution is 5.99. The lowest BCUT2D eigenvalue weighted by Crippen LogP contribution is -2.10. The van der Waals surface area contributed by atoms with Crippen LogP contribution in [0.2, 0.25) is 0 Å². The van der Waals surface area contributed by atoms with E-state index in [0.29, 0.717) is 22.8 Å². The van der Waals surface area contributed by atoms with Gasteiger partial charge in [-0.2, -0.15) is 0 Å². The SMILES string of the molecule is N=C(N)c1ccc2cc(OC(=O)c3ccc(Nc4ncc[nH]4)cc3)ccc2c1. The quantitative estimate of drug-likeness (QED) is 0.184. The van der Waals surface area contributed by atoms with Crippen LogP contribution in [0.5, 0.6) is 5.75 Å². The van der Waals surface area contributed by atoms with E-state index >= 15 is 0 Å². The van der Waals surface area contributed by atoms with Crippen molar-refractivity contribution in [1.82, 2.24) is 9.97 Å². The standard InChI is InChI=1S/C21H17N5O2/c22-19(23)16-2-1-15-12-18(8-5-14(15)11-16)28-20(27)13-3-6-17(7-4-13)26-21-24-9-10-25-21/h1-12H,(H3,22,23)(H2,24,25,26). The summed E-state index contributed by atoms with van der Waals surface area (Å²) in [5.74, 6) is 0.650. The Morgan fingerprint density at radius 3 is 2.43 bits per heavy atom. The molecule has 0 spiro atoms. The molecule has 0 atom stereocenters. The molecule has 7 nitrogen and oxygen atoms in total. The second kappa shape index (κ2) is 7.24. The number of aromatic nitrogens is 2. The van der Waals surface area contributed by atoms with Gasteiger partial charge in [-0.1, -0.05) is 18.2 Å². The summed E-state index contributed by atoms with van der Waals surface area (Å²) in [7, 11) is 0. The lowest BCUT2D eigenvalue weighted by atomic mass is 10.1. The number of anilines is 2. The Labute approximate surface area is 160 Å². The summed E-state index contributed by atoms with van der Waals surface area (Å²) in [6.45, 7) is 0. The van der Waals surface area contributed by atoms with E-state index < -0.39 is 5.97 Å². The number of H-pyrrole nitrogens is 1. The molecule has 1 aromatic heterocycles. The van der Waals surface area contributed by atoms with Crippen LogP contribution in [0.25, 0.3) is 10.8 Å². The van der Waals surface area contributed by atoms with Crippen LogP contribution in [-0.4, -0.2) is 21.8 Å². The molecule has 4 rings (SSSR count). The molecule has 0 radical (unpaired) electrons. The van der Waals surface area contributed by atoms with Crippen LogP contribution in [0.1, 0.15) is 15.9 Å². The zero-order valence-corrected chi connectivity index (χ0v) is 14.8. The molecule has 0 unspecified atom stereocenters. The zero-order valence-electron chi connectivity index (χ0n) is 14.8. The third-order valence-electron chi connectivity index (χ3n) is 4.21. The van der Waals surface area contributed by atoms with Crippen molar-refractivity contribution in [1.29, 1.82) is 5.41 Å². The molecule has 0 saturated carbocycles. The molecule has 3 aromatic carbocycles. The molecule has 0 saturated heterocycles. The highest BCUT2D eigenvalue weighted by Gasteiger charge is 2.10. The summed E-state index contributed by atoms with van der Waals surface area (Å²) in [6, 6.07) is 17.7. The molecule has 28 heavy (non-hydrogen) atoms. The van der Waals surface area contributed by atoms with E-state index in [9.17, 15) is 4.79 Å². The van der Waals surface area contributed by atoms with Crippen molar-refractivity contribution in [2.45, 2.75) is 0 Å². The third kappa shape index (κ3) is 3.68. The van der Waals surface area contributed by atoms with Gasteiger partial charge in [-0.25, -0.2) is 9.78 Å². The topological polar surface area (TPSA) is 117 Å². The van der Waals surface area contributed by atoms with E-state index in [1.807, 2.05) is 18.2 Å². The number of carbonyl (C=O) groups is 1. The lowest BCUT2D eigenvalue weighted by molar-refractivity contribution is 0.0735. The Morgan fingerprint density at radius 2 is 1.71 bits per heavy atom. The number of nitrogens with two attached hydrogens (primary N) is 1. The van der Waals surface area contributed by atoms with Crippen molar-refractivity contribution in [2.75, 3.05) is 5.32 Å². The Kier molecular flexibility index (Phi) is 4.47. The predicted octanol–water partition coefficient (Wildman–Crippen LogP) is 3.81. The number of hydrogen-bond donors (Lipinski definition) is 4. The molecule has 4 aromatic rings. The number of ether oxygens (including phenoxy) is 1. The van der Waals surface area contributed by atoms with E-state index in [4.69, 9.17) is 15.9 Å². The van der Waals surface area contributed by atoms with Crippen molar-refractivity contribution in [3.8, 4) is 5.75 Å². The van der Waals surface area contributed by atoms with Gasteiger partial charge >= 0.3 is 5.97 Å². The average Bonchev–Trinajstić information content (AvgIpc) is 3.21. The Morgan fingerprint density at radius 1 is 1.00 bits per heavy atom. The first-order valence-corrected chi connectivity index (χ1v) is 8.55. The number of nitrogens with one attached hydrogen (secondary N) is 3. The van der Waals surface area contributed by atoms with Crippen LogP contribution in [0.3, 0.4) is 0 Å². The number of nitrogen functional groups attached to an aromatic ring is 1. The van der Waals surface area contributed by atoms with Crippen molar-refractivity contribution in [3.05, 3.63) is 84.2 Å². The minimum Gasteiger partial charge on any atom is -0.423 e. The predicted molar refractivity (Wildman–Crippen MR) is 108 cm³/mol. The molecule has 0 aliphatic heterocycles. The summed E-state index contributed by atoms with van der Waals surface area (Å²) >= 11 is 0. The molecule has 0 aliphatic carbocycles. The van der Waals surface area contributed by atoms with Gasteiger partial charge < -0.3 is 20.8 Å². The molecule has 5 N–H and O–H groups in total. The largest absolute Gasteiger partial charge is 0.423 e. The fourth-order valence-electron chi connectivity index (χ4n) is 2.78. The maximum atomic E-state index is 12.4. The van der Waals surface area contributed by atoms with Gasteiger partial charge in [-0.05, 0) is 53.2 Å². The Bertz CT molecular complexity index is 1150. The summed E-state index contributed by atoms with van der Waals surface area (Å²) in [5.41, 5.74) is 7.42. The van der Waals surface area contributed by atoms with Crippen LogP contribution in [0, 0.1) is 5.41 Å². The highest BCUT2D eigenvalue weighted by atomic mass is 16.5. The number of hydrogen-bond acceptors (Lipinski definition) is 5. The normalized spacial score (nSPS) is 10.6. The van der Waals surface area contributed by atoms with Gasteiger partial charge in [0.2, 0.25) is 5.95 Å². The molecule has 7 heteroatoms. The van der Waals surface area contributed by atoms with Crippen LogP contribution < -0.4 is 15.8 Å². The van der Waals surface area contributed by atoms with Gasteiger partial charge in [0.1, 0.15) is 11.6 Å². The highest BCUT2D eigenvalue weighted by Crippen LogP contribution is 2.23. The molecule has 0 aliphatic rings. The van der Waals surface area contributed by atoms with Gasteiger partial charge in [0.05, 0.1) is 5.56 Å². The molecule has 138 valence electrons. The lowest BCUT2D eigenvalue weighted by Gasteiger charge is -2.08. The van der Waals surface area contributed by atoms with Gasteiger partial charge in [-0.3, -0.25) is 5.41 Å². The minimum absolute atomic E-state index is 0.0161. The first-order valence-electron chi connectivity index (χ1n) is 8.55. The van der Waals surface area contributed by atoms with Crippen molar-refractivity contribution < 1.29 is 9.53 Å². The second-order valence-corrected chi connectivity index (χ2v) is 6.17. The monoisotopic (exact) mass is 371 g/mol. The minimum atomic E-state index is -0.441. The first-order chi connectivity index (χ1) is 13.6. The number of rotatable bonds is 5. The second-order valence-electron chi connectivity index (χ2n) is 6.17. The van der Waals surface area contributed by atoms with Crippen molar-refractivity contribution in [2.24, 2.45) is 5.73 Å². The summed E-state index contributed by atoms with van der Waals surface area (Å²) in [5, 5.41) is 12.4. The van der Waals surface area contributed by atoms with Gasteiger partial charge in [-0.15, -0.1) is 0 Å². The van der Waals surface area contributed by atoms with Crippen molar-refractivity contribution in [3.63, 3.8) is 0 Å². The number of aromatic amines is 1. The number of fused-ring (bicyclic) bond motifs is 1. The number of imidazole rings is 1. The smallest absolute Gasteiger partial charge is 0.343 e. The van der Waals surface area contributed by atoms with E-state index in [2.05, 4.69) is 15.3 Å². The number of nitrogens with zero attached hydrogens (tertiary/aromatic N) is 1. The summed E-state index contributed by atoms with van der Waals surface area (Å²) < 4.78 is 5.49. The maximum absolute atomic E-state index is 12.4. The Balaban J connectivity index is 1.48. The van der Waals surface area contributed by atoms with E-state index in [-0.39, 0.29) is 5.84 Å². The first kappa shape index (κ1) is 17.3. The summed E-state index contributed by atoms with van der Waals surface area (Å²) in [4.78, 5) is 19.5. The van der Waals surface area contributed by atoms with Crippen molar-refractivity contribution >= 4 is 34.2 Å². The van der Waals surface area contributed by atoms with Gasteiger partial charge in [0.25, 0.3) is 0 Å². The van der Waals surface area contributed by atoms with E-state index in [0.717, 1.165) is 16.5 Å². The Hall–Kier alpha value is -4.13. The third-order valence-corrected chi connectivity index (χ3v) is 4.21. The van der Waals surface area contributed by atoms with Crippen LogP contribution in [0.4, 0.5) is 11.6 Å². The fraction of sp³-hybridized carbons (Fsp3) is 0. The van der Waals surface area contributed by atoms with Crippen LogP contribution >= 0.6 is 0 Å².